The average Bonchev–Trinajstić information content (AvgIpc) is 3.05. The van der Waals surface area contributed by atoms with Gasteiger partial charge in [-0.05, 0) is 47.4 Å². The van der Waals surface area contributed by atoms with E-state index < -0.39 is 0 Å². The molecule has 116 valence electrons. The molecule has 0 bridgehead atoms. The van der Waals surface area contributed by atoms with Crippen molar-refractivity contribution >= 4 is 11.8 Å². The summed E-state index contributed by atoms with van der Waals surface area (Å²) >= 11 is 0. The van der Waals surface area contributed by atoms with Gasteiger partial charge in [-0.1, -0.05) is 39.3 Å². The SMILES string of the molecule is CCc1cc(CC)c2c(c1)[C@@H](N1C(=O)C=CC1=O)[C@@H](CC)C2. The van der Waals surface area contributed by atoms with Crippen LogP contribution in [0.3, 0.4) is 0 Å². The Kier molecular flexibility index (Phi) is 3.90. The molecule has 3 nitrogen and oxygen atoms in total. The van der Waals surface area contributed by atoms with Crippen molar-refractivity contribution in [2.75, 3.05) is 0 Å². The van der Waals surface area contributed by atoms with Gasteiger partial charge in [-0.3, -0.25) is 14.5 Å². The summed E-state index contributed by atoms with van der Waals surface area (Å²) in [7, 11) is 0. The molecule has 0 aromatic heterocycles. The van der Waals surface area contributed by atoms with Crippen LogP contribution in [0.25, 0.3) is 0 Å². The highest BCUT2D eigenvalue weighted by atomic mass is 16.2. The van der Waals surface area contributed by atoms with Crippen LogP contribution in [0.2, 0.25) is 0 Å². The van der Waals surface area contributed by atoms with E-state index in [4.69, 9.17) is 0 Å². The van der Waals surface area contributed by atoms with Crippen LogP contribution in [0.1, 0.15) is 55.5 Å². The molecule has 0 unspecified atom stereocenters. The largest absolute Gasteiger partial charge is 0.269 e. The van der Waals surface area contributed by atoms with Crippen molar-refractivity contribution in [3.63, 3.8) is 0 Å². The third kappa shape index (κ3) is 2.20. The van der Waals surface area contributed by atoms with Crippen LogP contribution >= 0.6 is 0 Å². The predicted molar refractivity (Wildman–Crippen MR) is 86.4 cm³/mol. The van der Waals surface area contributed by atoms with Crippen molar-refractivity contribution in [2.24, 2.45) is 5.92 Å². The van der Waals surface area contributed by atoms with Crippen LogP contribution in [0.4, 0.5) is 0 Å². The molecule has 0 saturated heterocycles. The van der Waals surface area contributed by atoms with Crippen LogP contribution in [-0.4, -0.2) is 16.7 Å². The summed E-state index contributed by atoms with van der Waals surface area (Å²) in [6.45, 7) is 6.47. The Morgan fingerprint density at radius 1 is 1.05 bits per heavy atom. The maximum Gasteiger partial charge on any atom is 0.254 e. The zero-order chi connectivity index (χ0) is 15.9. The molecule has 2 aliphatic rings. The summed E-state index contributed by atoms with van der Waals surface area (Å²) in [5.41, 5.74) is 5.24. The number of rotatable bonds is 4. The van der Waals surface area contributed by atoms with E-state index in [0.717, 1.165) is 25.7 Å². The maximum atomic E-state index is 12.2. The van der Waals surface area contributed by atoms with Crippen LogP contribution in [-0.2, 0) is 28.9 Å². The number of hydrogen-bond donors (Lipinski definition) is 0. The first-order valence-electron chi connectivity index (χ1n) is 8.30. The molecule has 0 saturated carbocycles. The second kappa shape index (κ2) is 5.71. The van der Waals surface area contributed by atoms with Gasteiger partial charge < -0.3 is 0 Å². The second-order valence-electron chi connectivity index (χ2n) is 6.23. The van der Waals surface area contributed by atoms with Crippen LogP contribution < -0.4 is 0 Å². The Hall–Kier alpha value is -1.90. The van der Waals surface area contributed by atoms with Crippen molar-refractivity contribution in [3.05, 3.63) is 46.5 Å². The van der Waals surface area contributed by atoms with Crippen molar-refractivity contribution < 1.29 is 9.59 Å². The van der Waals surface area contributed by atoms with E-state index in [9.17, 15) is 9.59 Å². The lowest BCUT2D eigenvalue weighted by atomic mass is 9.94. The molecule has 2 atom stereocenters. The molecule has 0 radical (unpaired) electrons. The normalized spacial score (nSPS) is 23.5. The topological polar surface area (TPSA) is 37.4 Å². The number of carbonyl (C=O) groups excluding carboxylic acids is 2. The molecule has 0 fully saturated rings. The fourth-order valence-electron chi connectivity index (χ4n) is 3.89. The van der Waals surface area contributed by atoms with Gasteiger partial charge in [0.05, 0.1) is 6.04 Å². The summed E-state index contributed by atoms with van der Waals surface area (Å²) in [5, 5.41) is 0. The monoisotopic (exact) mass is 297 g/mol. The molecule has 22 heavy (non-hydrogen) atoms. The molecule has 1 aromatic rings. The van der Waals surface area contributed by atoms with E-state index in [0.29, 0.717) is 5.92 Å². The van der Waals surface area contributed by atoms with E-state index in [1.165, 1.54) is 39.3 Å². The van der Waals surface area contributed by atoms with Crippen molar-refractivity contribution in [2.45, 2.75) is 52.5 Å². The number of aryl methyl sites for hydroxylation is 2. The van der Waals surface area contributed by atoms with Crippen molar-refractivity contribution in [1.82, 2.24) is 4.90 Å². The molecule has 3 heteroatoms. The zero-order valence-corrected chi connectivity index (χ0v) is 13.6. The van der Waals surface area contributed by atoms with Gasteiger partial charge in [0, 0.05) is 12.2 Å². The number of benzene rings is 1. The lowest BCUT2D eigenvalue weighted by molar-refractivity contribution is -0.140. The molecular weight excluding hydrogens is 274 g/mol. The first kappa shape index (κ1) is 15.0. The molecule has 0 spiro atoms. The standard InChI is InChI=1S/C19H23NO2/c1-4-12-9-13(5-2)15-11-14(6-3)19(16(15)10-12)20-17(21)7-8-18(20)22/h7-10,14,19H,4-6,11H2,1-3H3/t14-,19-/m0/s1. The van der Waals surface area contributed by atoms with Gasteiger partial charge in [-0.25, -0.2) is 0 Å². The van der Waals surface area contributed by atoms with E-state index in [2.05, 4.69) is 32.9 Å². The lowest BCUT2D eigenvalue weighted by Gasteiger charge is -2.28. The first-order chi connectivity index (χ1) is 10.6. The fraction of sp³-hybridized carbons (Fsp3) is 0.474. The number of fused-ring (bicyclic) bond motifs is 1. The first-order valence-corrected chi connectivity index (χ1v) is 8.30. The minimum Gasteiger partial charge on any atom is -0.269 e. The smallest absolute Gasteiger partial charge is 0.254 e. The summed E-state index contributed by atoms with van der Waals surface area (Å²) in [6, 6.07) is 4.42. The Bertz CT molecular complexity index is 642. The van der Waals surface area contributed by atoms with Crippen LogP contribution in [0.15, 0.2) is 24.3 Å². The Morgan fingerprint density at radius 2 is 1.73 bits per heavy atom. The van der Waals surface area contributed by atoms with Crippen LogP contribution in [0.5, 0.6) is 0 Å². The lowest BCUT2D eigenvalue weighted by Crippen LogP contribution is -2.36. The molecule has 2 amide bonds. The molecular formula is C19H23NO2. The fourth-order valence-corrected chi connectivity index (χ4v) is 3.89. The highest BCUT2D eigenvalue weighted by molar-refractivity contribution is 6.13. The predicted octanol–water partition coefficient (Wildman–Crippen LogP) is 3.36. The summed E-state index contributed by atoms with van der Waals surface area (Å²) in [4.78, 5) is 25.8. The third-order valence-corrected chi connectivity index (χ3v) is 5.10. The van der Waals surface area contributed by atoms with Gasteiger partial charge >= 0.3 is 0 Å². The summed E-state index contributed by atoms with van der Waals surface area (Å²) < 4.78 is 0. The number of hydrogen-bond acceptors (Lipinski definition) is 2. The Labute approximate surface area is 132 Å². The number of nitrogens with zero attached hydrogens (tertiary/aromatic N) is 1. The highest BCUT2D eigenvalue weighted by Gasteiger charge is 2.42. The molecule has 1 aliphatic carbocycles. The Balaban J connectivity index is 2.12. The summed E-state index contributed by atoms with van der Waals surface area (Å²) in [5.74, 6) is 0.00251. The minimum atomic E-state index is -0.166. The number of amides is 2. The maximum absolute atomic E-state index is 12.2. The van der Waals surface area contributed by atoms with Gasteiger partial charge in [0.2, 0.25) is 0 Å². The minimum absolute atomic E-state index is 0.0909. The molecule has 0 N–H and O–H groups in total. The van der Waals surface area contributed by atoms with E-state index >= 15 is 0 Å². The zero-order valence-electron chi connectivity index (χ0n) is 13.6. The van der Waals surface area contributed by atoms with Crippen molar-refractivity contribution in [1.29, 1.82) is 0 Å². The number of imide groups is 1. The molecule has 1 heterocycles. The number of carbonyl (C=O) groups is 2. The average molecular weight is 297 g/mol. The van der Waals surface area contributed by atoms with Crippen LogP contribution in [0, 0.1) is 5.92 Å². The van der Waals surface area contributed by atoms with Gasteiger partial charge in [0.1, 0.15) is 0 Å². The molecule has 1 aliphatic heterocycles. The Morgan fingerprint density at radius 3 is 2.27 bits per heavy atom. The summed E-state index contributed by atoms with van der Waals surface area (Å²) in [6.07, 6.45) is 6.72. The van der Waals surface area contributed by atoms with Gasteiger partial charge in [0.15, 0.2) is 0 Å². The van der Waals surface area contributed by atoms with Crippen molar-refractivity contribution in [3.8, 4) is 0 Å². The van der Waals surface area contributed by atoms with Gasteiger partial charge in [-0.2, -0.15) is 0 Å². The van der Waals surface area contributed by atoms with Gasteiger partial charge in [0.25, 0.3) is 11.8 Å². The van der Waals surface area contributed by atoms with E-state index in [-0.39, 0.29) is 17.9 Å². The van der Waals surface area contributed by atoms with Gasteiger partial charge in [-0.15, -0.1) is 0 Å². The van der Waals surface area contributed by atoms with E-state index in [1.807, 2.05) is 0 Å². The third-order valence-electron chi connectivity index (χ3n) is 5.10. The molecule has 3 rings (SSSR count). The molecule has 1 aromatic carbocycles. The quantitative estimate of drug-likeness (QED) is 0.799. The van der Waals surface area contributed by atoms with E-state index in [1.54, 1.807) is 0 Å². The second-order valence-corrected chi connectivity index (χ2v) is 6.23. The highest BCUT2D eigenvalue weighted by Crippen LogP contribution is 2.45.